The minimum Gasteiger partial charge on any atom is -0.390 e. The lowest BCUT2D eigenvalue weighted by molar-refractivity contribution is -0.0864. The van der Waals surface area contributed by atoms with Gasteiger partial charge in [-0.3, -0.25) is 14.3 Å². The Balaban J connectivity index is 0.00000106. The highest BCUT2D eigenvalue weighted by Gasteiger charge is 2.46. The summed E-state index contributed by atoms with van der Waals surface area (Å²) in [6.07, 6.45) is -4.25. The summed E-state index contributed by atoms with van der Waals surface area (Å²) in [6, 6.07) is 1.10. The van der Waals surface area contributed by atoms with Gasteiger partial charge in [-0.15, -0.1) is 0 Å². The van der Waals surface area contributed by atoms with Crippen LogP contribution in [-0.4, -0.2) is 49.3 Å². The fraction of sp³-hybridized carbons (Fsp3) is 0.692. The van der Waals surface area contributed by atoms with E-state index in [-0.39, 0.29) is 0 Å². The summed E-state index contributed by atoms with van der Waals surface area (Å²) in [5, 5.41) is 29.4. The number of rotatable bonds is 3. The number of ether oxygens (including phenoxy) is 1. The number of nitrogens with zero attached hydrogens (tertiary/aromatic N) is 1. The second-order valence-corrected chi connectivity index (χ2v) is 4.47. The number of nitrogens with one attached hydrogen (secondary N) is 1. The summed E-state index contributed by atoms with van der Waals surface area (Å²) in [6.45, 7) is 5.70. The number of aromatic amines is 1. The predicted molar refractivity (Wildman–Crippen MR) is 74.9 cm³/mol. The largest absolute Gasteiger partial charge is 0.390 e. The van der Waals surface area contributed by atoms with Crippen molar-refractivity contribution in [2.45, 2.75) is 57.8 Å². The molecule has 0 spiro atoms. The van der Waals surface area contributed by atoms with Gasteiger partial charge in [0.2, 0.25) is 0 Å². The van der Waals surface area contributed by atoms with Crippen LogP contribution in [0.2, 0.25) is 0 Å². The molecule has 2 rings (SSSR count). The molecule has 1 fully saturated rings. The summed E-state index contributed by atoms with van der Waals surface area (Å²) in [5.41, 5.74) is -1.32. The second-order valence-electron chi connectivity index (χ2n) is 4.47. The molecule has 1 saturated heterocycles. The summed E-state index contributed by atoms with van der Waals surface area (Å²) in [7, 11) is 0. The zero-order valence-electron chi connectivity index (χ0n) is 12.3. The summed E-state index contributed by atoms with van der Waals surface area (Å²) >= 11 is 0. The third-order valence-corrected chi connectivity index (χ3v) is 3.20. The third-order valence-electron chi connectivity index (χ3n) is 3.20. The van der Waals surface area contributed by atoms with Gasteiger partial charge in [0.05, 0.1) is 6.10 Å². The lowest BCUT2D eigenvalue weighted by Crippen LogP contribution is -2.39. The maximum absolute atomic E-state index is 11.6. The Morgan fingerprint density at radius 2 is 1.95 bits per heavy atom. The van der Waals surface area contributed by atoms with Gasteiger partial charge in [-0.1, -0.05) is 20.8 Å². The predicted octanol–water partition coefficient (Wildman–Crippen LogP) is -1.05. The first-order valence-electron chi connectivity index (χ1n) is 6.96. The molecule has 8 heteroatoms. The molecule has 4 N–H and O–H groups in total. The molecule has 1 aliphatic rings. The van der Waals surface area contributed by atoms with Crippen LogP contribution in [-0.2, 0) is 4.74 Å². The van der Waals surface area contributed by atoms with Crippen LogP contribution >= 0.6 is 0 Å². The van der Waals surface area contributed by atoms with Crippen LogP contribution in [0.1, 0.15) is 33.4 Å². The average molecular weight is 302 g/mol. The molecule has 8 nitrogen and oxygen atoms in total. The molecule has 21 heavy (non-hydrogen) atoms. The average Bonchev–Trinajstić information content (AvgIpc) is 2.77. The van der Waals surface area contributed by atoms with Gasteiger partial charge in [-0.25, -0.2) is 4.79 Å². The topological polar surface area (TPSA) is 125 Å². The molecule has 1 aromatic rings. The van der Waals surface area contributed by atoms with Crippen molar-refractivity contribution >= 4 is 0 Å². The Hall–Kier alpha value is -1.48. The zero-order chi connectivity index (χ0) is 16.2. The van der Waals surface area contributed by atoms with E-state index < -0.39 is 41.9 Å². The van der Waals surface area contributed by atoms with Gasteiger partial charge < -0.3 is 20.1 Å². The third kappa shape index (κ3) is 3.59. The Kier molecular flexibility index (Phi) is 6.28. The molecule has 0 aromatic carbocycles. The maximum atomic E-state index is 11.6. The van der Waals surface area contributed by atoms with Crippen molar-refractivity contribution in [1.82, 2.24) is 9.55 Å². The van der Waals surface area contributed by atoms with Gasteiger partial charge >= 0.3 is 5.69 Å². The quantitative estimate of drug-likeness (QED) is 0.565. The monoisotopic (exact) mass is 302 g/mol. The Labute approximate surface area is 121 Å². The highest BCUT2D eigenvalue weighted by molar-refractivity contribution is 4.95. The van der Waals surface area contributed by atoms with E-state index in [1.165, 1.54) is 6.20 Å². The van der Waals surface area contributed by atoms with Crippen LogP contribution < -0.4 is 11.2 Å². The fourth-order valence-corrected chi connectivity index (χ4v) is 2.09. The molecule has 5 atom stereocenters. The lowest BCUT2D eigenvalue weighted by Gasteiger charge is -2.19. The maximum Gasteiger partial charge on any atom is 0.330 e. The van der Waals surface area contributed by atoms with E-state index in [1.54, 1.807) is 6.92 Å². The van der Waals surface area contributed by atoms with Gasteiger partial charge in [-0.05, 0) is 6.42 Å². The van der Waals surface area contributed by atoms with Crippen molar-refractivity contribution in [2.75, 3.05) is 0 Å². The van der Waals surface area contributed by atoms with E-state index in [9.17, 15) is 24.9 Å². The Morgan fingerprint density at radius 1 is 1.33 bits per heavy atom. The smallest absolute Gasteiger partial charge is 0.330 e. The molecule has 0 amide bonds. The van der Waals surface area contributed by atoms with E-state index in [0.717, 1.165) is 10.6 Å². The van der Waals surface area contributed by atoms with E-state index in [4.69, 9.17) is 4.74 Å². The van der Waals surface area contributed by atoms with Gasteiger partial charge in [-0.2, -0.15) is 0 Å². The number of aromatic nitrogens is 2. The van der Waals surface area contributed by atoms with Crippen molar-refractivity contribution in [1.29, 1.82) is 0 Å². The highest BCUT2D eigenvalue weighted by atomic mass is 16.6. The van der Waals surface area contributed by atoms with Crippen LogP contribution in [0, 0.1) is 0 Å². The van der Waals surface area contributed by atoms with Crippen molar-refractivity contribution in [3.8, 4) is 0 Å². The first-order valence-corrected chi connectivity index (χ1v) is 6.96. The number of hydrogen-bond donors (Lipinski definition) is 4. The molecular formula is C13H22N2O6. The van der Waals surface area contributed by atoms with E-state index in [0.29, 0.717) is 6.42 Å². The summed E-state index contributed by atoms with van der Waals surface area (Å²) < 4.78 is 6.31. The van der Waals surface area contributed by atoms with Gasteiger partial charge in [0.25, 0.3) is 5.56 Å². The second kappa shape index (κ2) is 7.51. The molecule has 1 aromatic heterocycles. The molecule has 0 saturated carbocycles. The number of aliphatic hydroxyl groups excluding tert-OH is 3. The van der Waals surface area contributed by atoms with E-state index in [1.807, 2.05) is 18.8 Å². The fourth-order valence-electron chi connectivity index (χ4n) is 2.09. The molecule has 0 bridgehead atoms. The zero-order valence-corrected chi connectivity index (χ0v) is 12.3. The van der Waals surface area contributed by atoms with E-state index in [2.05, 4.69) is 0 Å². The first kappa shape index (κ1) is 17.6. The first-order chi connectivity index (χ1) is 9.95. The Bertz CT molecular complexity index is 554. The summed E-state index contributed by atoms with van der Waals surface area (Å²) in [5.74, 6) is 0. The van der Waals surface area contributed by atoms with Gasteiger partial charge in [0, 0.05) is 12.3 Å². The number of hydrogen-bond acceptors (Lipinski definition) is 6. The van der Waals surface area contributed by atoms with Crippen molar-refractivity contribution in [3.63, 3.8) is 0 Å². The van der Waals surface area contributed by atoms with Gasteiger partial charge in [0.1, 0.15) is 18.3 Å². The Morgan fingerprint density at radius 3 is 2.48 bits per heavy atom. The van der Waals surface area contributed by atoms with E-state index >= 15 is 0 Å². The highest BCUT2D eigenvalue weighted by Crippen LogP contribution is 2.30. The van der Waals surface area contributed by atoms with Crippen LogP contribution in [0.3, 0.4) is 0 Å². The molecule has 2 heterocycles. The lowest BCUT2D eigenvalue weighted by atomic mass is 10.0. The van der Waals surface area contributed by atoms with Crippen LogP contribution in [0.5, 0.6) is 0 Å². The molecule has 0 aliphatic carbocycles. The molecule has 120 valence electrons. The minimum absolute atomic E-state index is 0.335. The van der Waals surface area contributed by atoms with Crippen LogP contribution in [0.15, 0.2) is 21.9 Å². The molecular weight excluding hydrogens is 280 g/mol. The SMILES string of the molecule is CC.CCC(O)C1O[C@@H](n2ccc(=O)[nH]c2=O)[C@H](O)[C@@H]1O. The summed E-state index contributed by atoms with van der Waals surface area (Å²) in [4.78, 5) is 24.6. The number of aliphatic hydroxyl groups is 3. The van der Waals surface area contributed by atoms with Crippen LogP contribution in [0.4, 0.5) is 0 Å². The van der Waals surface area contributed by atoms with Crippen molar-refractivity contribution < 1.29 is 20.1 Å². The normalized spacial score (nSPS) is 29.6. The standard InChI is InChI=1S/C11H16N2O6.C2H6/c1-2-5(14)9-7(16)8(17)10(19-9)13-4-3-6(15)12-11(13)18;1-2/h3-5,7-10,14,16-17H,2H2,1H3,(H,12,15,18);1-2H3/t5?,7-,8+,9?,10+;/m0./s1. The van der Waals surface area contributed by atoms with Crippen molar-refractivity contribution in [2.24, 2.45) is 0 Å². The molecule has 1 aliphatic heterocycles. The van der Waals surface area contributed by atoms with Crippen LogP contribution in [0.25, 0.3) is 0 Å². The van der Waals surface area contributed by atoms with Crippen molar-refractivity contribution in [3.05, 3.63) is 33.1 Å². The molecule has 2 unspecified atom stereocenters. The number of H-pyrrole nitrogens is 1. The van der Waals surface area contributed by atoms with Gasteiger partial charge in [0.15, 0.2) is 6.23 Å². The molecule has 0 radical (unpaired) electrons. The minimum atomic E-state index is -1.37.